The number of alkyl halides is 4. The second-order valence-electron chi connectivity index (χ2n) is 5.36. The van der Waals surface area contributed by atoms with Crippen molar-refractivity contribution in [3.05, 3.63) is 42.0 Å². The Balaban J connectivity index is 0.00000420. The van der Waals surface area contributed by atoms with E-state index in [2.05, 4.69) is 25.3 Å². The first-order valence-corrected chi connectivity index (χ1v) is 8.40. The van der Waals surface area contributed by atoms with Crippen molar-refractivity contribution < 1.29 is 27.0 Å². The van der Waals surface area contributed by atoms with Crippen LogP contribution >= 0.6 is 24.0 Å². The highest BCUT2D eigenvalue weighted by Crippen LogP contribution is 2.32. The maximum absolute atomic E-state index is 12.8. The van der Waals surface area contributed by atoms with E-state index in [-0.39, 0.29) is 67.0 Å². The van der Waals surface area contributed by atoms with Gasteiger partial charge in [-0.05, 0) is 13.0 Å². The van der Waals surface area contributed by atoms with Gasteiger partial charge in [-0.1, -0.05) is 12.1 Å². The summed E-state index contributed by atoms with van der Waals surface area (Å²) in [7, 11) is 1.49. The van der Waals surface area contributed by atoms with Crippen molar-refractivity contribution in [1.82, 2.24) is 20.2 Å². The number of halogens is 5. The average Bonchev–Trinajstić information content (AvgIpc) is 3.13. The number of nitrogens with zero attached hydrogens (tertiary/aromatic N) is 3. The molecular formula is C17H22F4IN5O2. The first kappa shape index (κ1) is 24.8. The zero-order valence-corrected chi connectivity index (χ0v) is 18.1. The fourth-order valence-electron chi connectivity index (χ4n) is 2.41. The third-order valence-electron chi connectivity index (χ3n) is 3.61. The normalized spacial score (nSPS) is 11.4. The van der Waals surface area contributed by atoms with Crippen LogP contribution in [0.3, 0.4) is 0 Å². The van der Waals surface area contributed by atoms with E-state index in [1.807, 2.05) is 0 Å². The summed E-state index contributed by atoms with van der Waals surface area (Å²) >= 11 is 0. The molecule has 0 atom stereocenters. The first-order valence-electron chi connectivity index (χ1n) is 8.40. The SMILES string of the molecule is CCOc1cccc(CNC(=NC)NCc2nccn2C(F)F)c1OC(F)F.I. The minimum atomic E-state index is -3.01. The molecular weight excluding hydrogens is 509 g/mol. The molecule has 0 saturated carbocycles. The lowest BCUT2D eigenvalue weighted by molar-refractivity contribution is -0.0520. The van der Waals surface area contributed by atoms with Crippen molar-refractivity contribution >= 4 is 29.9 Å². The topological polar surface area (TPSA) is 72.7 Å². The molecule has 2 rings (SSSR count). The Bertz CT molecular complexity index is 789. The van der Waals surface area contributed by atoms with Gasteiger partial charge in [0.05, 0.1) is 13.2 Å². The van der Waals surface area contributed by atoms with E-state index < -0.39 is 13.2 Å². The van der Waals surface area contributed by atoms with Gasteiger partial charge in [0.15, 0.2) is 17.5 Å². The number of aliphatic imine (C=N–C) groups is 1. The Morgan fingerprint density at radius 2 is 1.93 bits per heavy atom. The number of nitrogens with one attached hydrogen (secondary N) is 2. The Kier molecular flexibility index (Phi) is 10.5. The molecule has 0 saturated heterocycles. The minimum absolute atomic E-state index is 0. The van der Waals surface area contributed by atoms with Crippen LogP contribution in [0.15, 0.2) is 35.6 Å². The molecule has 0 spiro atoms. The Hall–Kier alpha value is -2.25. The van der Waals surface area contributed by atoms with Gasteiger partial charge in [-0.3, -0.25) is 9.56 Å². The number of benzene rings is 1. The van der Waals surface area contributed by atoms with Crippen molar-refractivity contribution in [2.45, 2.75) is 33.2 Å². The van der Waals surface area contributed by atoms with Crippen LogP contribution in [0.25, 0.3) is 0 Å². The Morgan fingerprint density at radius 1 is 1.21 bits per heavy atom. The molecule has 0 aliphatic rings. The number of imidazole rings is 1. The lowest BCUT2D eigenvalue weighted by Gasteiger charge is -2.17. The van der Waals surface area contributed by atoms with Gasteiger partial charge in [-0.2, -0.15) is 17.6 Å². The van der Waals surface area contributed by atoms with Crippen LogP contribution in [-0.2, 0) is 13.1 Å². The molecule has 0 aliphatic carbocycles. The zero-order valence-electron chi connectivity index (χ0n) is 15.7. The predicted octanol–water partition coefficient (Wildman–Crippen LogP) is 3.76. The van der Waals surface area contributed by atoms with E-state index in [1.54, 1.807) is 19.1 Å². The Morgan fingerprint density at radius 3 is 2.55 bits per heavy atom. The summed E-state index contributed by atoms with van der Waals surface area (Å²) < 4.78 is 61.9. The van der Waals surface area contributed by atoms with E-state index in [4.69, 9.17) is 4.74 Å². The third-order valence-corrected chi connectivity index (χ3v) is 3.61. The highest BCUT2D eigenvalue weighted by atomic mass is 127. The standard InChI is InChI=1S/C17H21F4N5O2.HI/c1-3-27-12-6-4-5-11(14(12)28-16(20)21)9-24-17(22-2)25-10-13-23-7-8-26(13)15(18)19;/h4-8,15-16H,3,9-10H2,1-2H3,(H2,22,24,25);1H. The van der Waals surface area contributed by atoms with Gasteiger partial charge in [-0.15, -0.1) is 24.0 Å². The van der Waals surface area contributed by atoms with Crippen molar-refractivity contribution in [2.24, 2.45) is 4.99 Å². The molecule has 0 amide bonds. The van der Waals surface area contributed by atoms with Crippen LogP contribution in [0.5, 0.6) is 11.5 Å². The molecule has 12 heteroatoms. The number of para-hydroxylation sites is 1. The van der Waals surface area contributed by atoms with Crippen LogP contribution in [-0.4, -0.2) is 35.8 Å². The average molecular weight is 531 g/mol. The number of ether oxygens (including phenoxy) is 2. The van der Waals surface area contributed by atoms with Crippen molar-refractivity contribution in [3.8, 4) is 11.5 Å². The molecule has 0 aliphatic heterocycles. The summed E-state index contributed by atoms with van der Waals surface area (Å²) in [5, 5.41) is 5.75. The number of rotatable bonds is 9. The van der Waals surface area contributed by atoms with Crippen molar-refractivity contribution in [2.75, 3.05) is 13.7 Å². The molecule has 0 radical (unpaired) electrons. The lowest BCUT2D eigenvalue weighted by atomic mass is 10.2. The van der Waals surface area contributed by atoms with Crippen molar-refractivity contribution in [1.29, 1.82) is 0 Å². The van der Waals surface area contributed by atoms with Gasteiger partial charge in [-0.25, -0.2) is 4.98 Å². The molecule has 0 bridgehead atoms. The molecule has 7 nitrogen and oxygen atoms in total. The molecule has 0 unspecified atom stereocenters. The van der Waals surface area contributed by atoms with E-state index in [9.17, 15) is 17.6 Å². The van der Waals surface area contributed by atoms with Crippen LogP contribution in [0, 0.1) is 0 Å². The van der Waals surface area contributed by atoms with E-state index in [1.165, 1.54) is 25.5 Å². The molecule has 1 aromatic heterocycles. The number of guanidine groups is 1. The second-order valence-corrected chi connectivity index (χ2v) is 5.36. The summed E-state index contributed by atoms with van der Waals surface area (Å²) in [5.41, 5.74) is 0.420. The fourth-order valence-corrected chi connectivity index (χ4v) is 2.41. The van der Waals surface area contributed by atoms with E-state index in [0.29, 0.717) is 5.56 Å². The number of aromatic nitrogens is 2. The highest BCUT2D eigenvalue weighted by Gasteiger charge is 2.16. The summed E-state index contributed by atoms with van der Waals surface area (Å²) in [6.45, 7) is -3.61. The monoisotopic (exact) mass is 531 g/mol. The molecule has 2 N–H and O–H groups in total. The molecule has 29 heavy (non-hydrogen) atoms. The highest BCUT2D eigenvalue weighted by molar-refractivity contribution is 14.0. The quantitative estimate of drug-likeness (QED) is 0.223. The van der Waals surface area contributed by atoms with Crippen LogP contribution < -0.4 is 20.1 Å². The van der Waals surface area contributed by atoms with Crippen LogP contribution in [0.2, 0.25) is 0 Å². The minimum Gasteiger partial charge on any atom is -0.490 e. The third kappa shape index (κ3) is 7.25. The number of hydrogen-bond acceptors (Lipinski definition) is 4. The first-order chi connectivity index (χ1) is 13.5. The van der Waals surface area contributed by atoms with Crippen LogP contribution in [0.1, 0.15) is 24.9 Å². The van der Waals surface area contributed by atoms with Crippen molar-refractivity contribution in [3.63, 3.8) is 0 Å². The predicted molar refractivity (Wildman–Crippen MR) is 110 cm³/mol. The molecule has 2 aromatic rings. The zero-order chi connectivity index (χ0) is 20.5. The smallest absolute Gasteiger partial charge is 0.387 e. The molecule has 1 heterocycles. The van der Waals surface area contributed by atoms with Gasteiger partial charge in [0, 0.05) is 31.5 Å². The van der Waals surface area contributed by atoms with Crippen LogP contribution in [0.4, 0.5) is 17.6 Å². The lowest BCUT2D eigenvalue weighted by Crippen LogP contribution is -2.37. The van der Waals surface area contributed by atoms with E-state index >= 15 is 0 Å². The van der Waals surface area contributed by atoms with Gasteiger partial charge < -0.3 is 20.1 Å². The number of hydrogen-bond donors (Lipinski definition) is 2. The largest absolute Gasteiger partial charge is 0.490 e. The molecule has 1 aromatic carbocycles. The maximum Gasteiger partial charge on any atom is 0.387 e. The van der Waals surface area contributed by atoms with Gasteiger partial charge in [0.25, 0.3) is 0 Å². The van der Waals surface area contributed by atoms with Gasteiger partial charge in [0.1, 0.15) is 5.82 Å². The maximum atomic E-state index is 12.8. The summed E-state index contributed by atoms with van der Waals surface area (Å²) in [5.74, 6) is 0.520. The van der Waals surface area contributed by atoms with Gasteiger partial charge in [0.2, 0.25) is 0 Å². The molecule has 0 fully saturated rings. The summed E-state index contributed by atoms with van der Waals surface area (Å²) in [4.78, 5) is 7.83. The Labute approximate surface area is 182 Å². The summed E-state index contributed by atoms with van der Waals surface area (Å²) in [6, 6.07) is 4.78. The van der Waals surface area contributed by atoms with Gasteiger partial charge >= 0.3 is 13.2 Å². The summed E-state index contributed by atoms with van der Waals surface area (Å²) in [6.07, 6.45) is 2.44. The molecule has 162 valence electrons. The van der Waals surface area contributed by atoms with E-state index in [0.717, 1.165) is 4.57 Å². The fraction of sp³-hybridized carbons (Fsp3) is 0.412. The second kappa shape index (κ2) is 12.3.